The minimum Gasteiger partial charge on any atom is -0.316 e. The smallest absolute Gasteiger partial charge is 0.00179 e. The molecule has 0 spiro atoms. The topological polar surface area (TPSA) is 12.0 Å². The van der Waals surface area contributed by atoms with Crippen LogP contribution in [0, 0.1) is 11.8 Å². The molecular weight excluding hydrogens is 134 g/mol. The molecule has 2 aliphatic rings. The van der Waals surface area contributed by atoms with Crippen LogP contribution in [0.25, 0.3) is 0 Å². The molecule has 1 aliphatic heterocycles. The Morgan fingerprint density at radius 1 is 0.818 bits per heavy atom. The van der Waals surface area contributed by atoms with E-state index in [1.54, 1.807) is 0 Å². The van der Waals surface area contributed by atoms with Crippen molar-refractivity contribution in [1.82, 2.24) is 5.32 Å². The predicted molar refractivity (Wildman–Crippen MR) is 47.6 cm³/mol. The maximum absolute atomic E-state index is 3.51. The minimum atomic E-state index is 1.03. The van der Waals surface area contributed by atoms with Crippen molar-refractivity contribution >= 4 is 0 Å². The van der Waals surface area contributed by atoms with Crippen LogP contribution in [0.3, 0.4) is 0 Å². The Bertz CT molecular complexity index is 110. The summed E-state index contributed by atoms with van der Waals surface area (Å²) in [5.74, 6) is 2.12. The molecule has 1 aliphatic carbocycles. The average molecular weight is 153 g/mol. The van der Waals surface area contributed by atoms with Crippen molar-refractivity contribution in [3.05, 3.63) is 0 Å². The van der Waals surface area contributed by atoms with Gasteiger partial charge in [-0.05, 0) is 37.8 Å². The van der Waals surface area contributed by atoms with Gasteiger partial charge in [-0.2, -0.15) is 0 Å². The lowest BCUT2D eigenvalue weighted by Gasteiger charge is -2.27. The highest BCUT2D eigenvalue weighted by atomic mass is 14.9. The first-order valence-electron chi connectivity index (χ1n) is 5.17. The first-order valence-corrected chi connectivity index (χ1v) is 5.17. The lowest BCUT2D eigenvalue weighted by atomic mass is 9.85. The van der Waals surface area contributed by atoms with Gasteiger partial charge in [0.2, 0.25) is 0 Å². The lowest BCUT2D eigenvalue weighted by molar-refractivity contribution is 0.268. The Hall–Kier alpha value is -0.0400. The highest BCUT2D eigenvalue weighted by molar-refractivity contribution is 4.79. The molecule has 64 valence electrons. The second kappa shape index (κ2) is 3.57. The molecule has 1 saturated carbocycles. The number of rotatable bonds is 1. The summed E-state index contributed by atoms with van der Waals surface area (Å²) in [7, 11) is 0. The van der Waals surface area contributed by atoms with Crippen LogP contribution in [-0.4, -0.2) is 13.1 Å². The Balaban J connectivity index is 1.82. The molecule has 0 unspecified atom stereocenters. The van der Waals surface area contributed by atoms with Gasteiger partial charge < -0.3 is 5.32 Å². The summed E-state index contributed by atoms with van der Waals surface area (Å²) in [5.41, 5.74) is 0. The maximum Gasteiger partial charge on any atom is -0.00179 e. The Labute approximate surface area is 69.6 Å². The average Bonchev–Trinajstić information content (AvgIpc) is 2.58. The van der Waals surface area contributed by atoms with E-state index in [-0.39, 0.29) is 0 Å². The van der Waals surface area contributed by atoms with E-state index in [1.807, 2.05) is 0 Å². The van der Waals surface area contributed by atoms with Crippen molar-refractivity contribution in [1.29, 1.82) is 0 Å². The molecule has 1 heterocycles. The number of piperidine rings is 1. The monoisotopic (exact) mass is 153 g/mol. The third kappa shape index (κ3) is 1.76. The van der Waals surface area contributed by atoms with Gasteiger partial charge in [0.1, 0.15) is 0 Å². The molecule has 1 heteroatoms. The minimum absolute atomic E-state index is 1.03. The van der Waals surface area contributed by atoms with E-state index in [1.165, 1.54) is 51.6 Å². The molecule has 1 atom stereocenters. The first kappa shape index (κ1) is 7.60. The molecule has 2 fully saturated rings. The van der Waals surface area contributed by atoms with Gasteiger partial charge in [0.15, 0.2) is 0 Å². The number of hydrogen-bond acceptors (Lipinski definition) is 1. The fourth-order valence-electron chi connectivity index (χ4n) is 2.71. The molecule has 0 aromatic heterocycles. The zero-order valence-electron chi connectivity index (χ0n) is 7.31. The van der Waals surface area contributed by atoms with Crippen molar-refractivity contribution < 1.29 is 0 Å². The molecule has 2 rings (SSSR count). The van der Waals surface area contributed by atoms with Crippen LogP contribution in [-0.2, 0) is 0 Å². The van der Waals surface area contributed by atoms with E-state index in [2.05, 4.69) is 5.32 Å². The van der Waals surface area contributed by atoms with Crippen molar-refractivity contribution in [3.8, 4) is 0 Å². The first-order chi connectivity index (χ1) is 5.47. The van der Waals surface area contributed by atoms with E-state index in [0.717, 1.165) is 11.8 Å². The van der Waals surface area contributed by atoms with Gasteiger partial charge in [-0.1, -0.05) is 25.7 Å². The fraction of sp³-hybridized carbons (Fsp3) is 1.00. The van der Waals surface area contributed by atoms with Crippen molar-refractivity contribution in [3.63, 3.8) is 0 Å². The quantitative estimate of drug-likeness (QED) is 0.609. The number of nitrogens with one attached hydrogen (secondary N) is 1. The van der Waals surface area contributed by atoms with Crippen molar-refractivity contribution in [2.45, 2.75) is 38.5 Å². The summed E-state index contributed by atoms with van der Waals surface area (Å²) in [6.07, 6.45) is 8.96. The van der Waals surface area contributed by atoms with Crippen LogP contribution in [0.15, 0.2) is 0 Å². The van der Waals surface area contributed by atoms with E-state index in [9.17, 15) is 0 Å². The van der Waals surface area contributed by atoms with Gasteiger partial charge in [0, 0.05) is 0 Å². The second-order valence-corrected chi connectivity index (χ2v) is 4.15. The lowest BCUT2D eigenvalue weighted by Crippen LogP contribution is -2.33. The van der Waals surface area contributed by atoms with Crippen LogP contribution < -0.4 is 5.32 Å². The van der Waals surface area contributed by atoms with Crippen LogP contribution in [0.4, 0.5) is 0 Å². The SMILES string of the molecule is C1CCC([C@@H]2CCCNC2)C1. The van der Waals surface area contributed by atoms with Gasteiger partial charge in [0.25, 0.3) is 0 Å². The van der Waals surface area contributed by atoms with E-state index in [4.69, 9.17) is 0 Å². The zero-order chi connectivity index (χ0) is 7.52. The van der Waals surface area contributed by atoms with Crippen LogP contribution in [0.2, 0.25) is 0 Å². The summed E-state index contributed by atoms with van der Waals surface area (Å²) in [6.45, 7) is 2.58. The zero-order valence-corrected chi connectivity index (χ0v) is 7.31. The fourth-order valence-corrected chi connectivity index (χ4v) is 2.71. The molecule has 0 bridgehead atoms. The Morgan fingerprint density at radius 2 is 1.55 bits per heavy atom. The molecule has 1 N–H and O–H groups in total. The van der Waals surface area contributed by atoms with Gasteiger partial charge in [0.05, 0.1) is 0 Å². The third-order valence-corrected chi connectivity index (χ3v) is 3.40. The second-order valence-electron chi connectivity index (χ2n) is 4.15. The normalized spacial score (nSPS) is 34.4. The van der Waals surface area contributed by atoms with Crippen molar-refractivity contribution in [2.75, 3.05) is 13.1 Å². The van der Waals surface area contributed by atoms with Crippen LogP contribution in [0.1, 0.15) is 38.5 Å². The molecular formula is C10H19N. The molecule has 1 nitrogen and oxygen atoms in total. The van der Waals surface area contributed by atoms with Crippen molar-refractivity contribution in [2.24, 2.45) is 11.8 Å². The molecule has 0 aromatic rings. The largest absolute Gasteiger partial charge is 0.316 e. The van der Waals surface area contributed by atoms with Gasteiger partial charge in [-0.3, -0.25) is 0 Å². The molecule has 0 radical (unpaired) electrons. The molecule has 0 amide bonds. The molecule has 1 saturated heterocycles. The third-order valence-electron chi connectivity index (χ3n) is 3.40. The highest BCUT2D eigenvalue weighted by Gasteiger charge is 2.25. The molecule has 0 aromatic carbocycles. The molecule has 11 heavy (non-hydrogen) atoms. The Morgan fingerprint density at radius 3 is 2.18 bits per heavy atom. The Kier molecular flexibility index (Phi) is 2.47. The van der Waals surface area contributed by atoms with Crippen LogP contribution >= 0.6 is 0 Å². The predicted octanol–water partition coefficient (Wildman–Crippen LogP) is 2.18. The summed E-state index contributed by atoms with van der Waals surface area (Å²) >= 11 is 0. The van der Waals surface area contributed by atoms with Gasteiger partial charge in [-0.25, -0.2) is 0 Å². The van der Waals surface area contributed by atoms with E-state index < -0.39 is 0 Å². The maximum atomic E-state index is 3.51. The van der Waals surface area contributed by atoms with E-state index >= 15 is 0 Å². The van der Waals surface area contributed by atoms with Crippen LogP contribution in [0.5, 0.6) is 0 Å². The summed E-state index contributed by atoms with van der Waals surface area (Å²) < 4.78 is 0. The summed E-state index contributed by atoms with van der Waals surface area (Å²) in [4.78, 5) is 0. The van der Waals surface area contributed by atoms with Gasteiger partial charge >= 0.3 is 0 Å². The van der Waals surface area contributed by atoms with Gasteiger partial charge in [-0.15, -0.1) is 0 Å². The standard InChI is InChI=1S/C10H19N/c1-2-5-9(4-1)10-6-3-7-11-8-10/h9-11H,1-8H2/t10-/m1/s1. The van der Waals surface area contributed by atoms with E-state index in [0.29, 0.717) is 0 Å². The summed E-state index contributed by atoms with van der Waals surface area (Å²) in [6, 6.07) is 0. The highest BCUT2D eigenvalue weighted by Crippen LogP contribution is 2.34. The number of hydrogen-bond donors (Lipinski definition) is 1. The summed E-state index contributed by atoms with van der Waals surface area (Å²) in [5, 5.41) is 3.51.